The first-order valence-corrected chi connectivity index (χ1v) is 5.66. The van der Waals surface area contributed by atoms with Gasteiger partial charge >= 0.3 is 0 Å². The molecule has 0 aromatic carbocycles. The van der Waals surface area contributed by atoms with E-state index in [1.807, 2.05) is 0 Å². The first kappa shape index (κ1) is 9.47. The summed E-state index contributed by atoms with van der Waals surface area (Å²) in [4.78, 5) is 2.67. The van der Waals surface area contributed by atoms with Crippen LogP contribution in [0, 0.1) is 11.8 Å². The number of nitrogens with one attached hydrogen (secondary N) is 1. The van der Waals surface area contributed by atoms with Gasteiger partial charge in [0.1, 0.15) is 0 Å². The highest BCUT2D eigenvalue weighted by molar-refractivity contribution is 4.95. The third kappa shape index (κ3) is 1.62. The molecule has 2 aliphatic heterocycles. The Morgan fingerprint density at radius 2 is 2.15 bits per heavy atom. The van der Waals surface area contributed by atoms with E-state index in [0.717, 1.165) is 23.9 Å². The van der Waals surface area contributed by atoms with E-state index < -0.39 is 0 Å². The number of hydrogen-bond donors (Lipinski definition) is 1. The lowest BCUT2D eigenvalue weighted by Crippen LogP contribution is -2.38. The quantitative estimate of drug-likeness (QED) is 0.658. The minimum Gasteiger partial charge on any atom is -0.316 e. The largest absolute Gasteiger partial charge is 0.316 e. The first-order valence-electron chi connectivity index (χ1n) is 5.66. The first-order chi connectivity index (χ1) is 6.20. The highest BCUT2D eigenvalue weighted by Gasteiger charge is 2.40. The second-order valence-electron chi connectivity index (χ2n) is 4.95. The second kappa shape index (κ2) is 3.58. The summed E-state index contributed by atoms with van der Waals surface area (Å²) in [5.41, 5.74) is 0. The maximum absolute atomic E-state index is 3.51. The van der Waals surface area contributed by atoms with E-state index >= 15 is 0 Å². The Balaban J connectivity index is 2.05. The molecule has 1 N–H and O–H groups in total. The van der Waals surface area contributed by atoms with Crippen LogP contribution in [0.25, 0.3) is 0 Å². The standard InChI is InChI=1S/C11H22N2/c1-8(2)13-7-10-6-12-5-4-11(10)9(13)3/h8-12H,4-7H2,1-3H3. The fraction of sp³-hybridized carbons (Fsp3) is 1.00. The molecule has 2 heteroatoms. The third-order valence-electron chi connectivity index (χ3n) is 3.92. The van der Waals surface area contributed by atoms with E-state index in [9.17, 15) is 0 Å². The van der Waals surface area contributed by atoms with Gasteiger partial charge in [-0.2, -0.15) is 0 Å². The van der Waals surface area contributed by atoms with Crippen molar-refractivity contribution in [2.24, 2.45) is 11.8 Å². The lowest BCUT2D eigenvalue weighted by atomic mass is 9.86. The zero-order valence-corrected chi connectivity index (χ0v) is 9.09. The number of piperidine rings is 1. The molecule has 0 aromatic rings. The number of nitrogens with zero attached hydrogens (tertiary/aromatic N) is 1. The molecule has 76 valence electrons. The molecule has 2 fully saturated rings. The van der Waals surface area contributed by atoms with Crippen molar-refractivity contribution in [3.8, 4) is 0 Å². The predicted molar refractivity (Wildman–Crippen MR) is 55.8 cm³/mol. The monoisotopic (exact) mass is 182 g/mol. The summed E-state index contributed by atoms with van der Waals surface area (Å²) in [6.07, 6.45) is 1.38. The Labute approximate surface area is 81.7 Å². The summed E-state index contributed by atoms with van der Waals surface area (Å²) in [6, 6.07) is 1.53. The number of likely N-dealkylation sites (tertiary alicyclic amines) is 1. The van der Waals surface area contributed by atoms with Crippen LogP contribution in [0.5, 0.6) is 0 Å². The Kier molecular flexibility index (Phi) is 2.61. The molecule has 3 unspecified atom stereocenters. The SMILES string of the molecule is CC(C)N1CC2CNCCC2C1C. The molecule has 2 nitrogen and oxygen atoms in total. The molecular formula is C11H22N2. The molecule has 2 aliphatic rings. The van der Waals surface area contributed by atoms with Crippen molar-refractivity contribution in [1.82, 2.24) is 10.2 Å². The lowest BCUT2D eigenvalue weighted by Gasteiger charge is -2.29. The summed E-state index contributed by atoms with van der Waals surface area (Å²) in [5, 5.41) is 3.51. The molecule has 0 amide bonds. The van der Waals surface area contributed by atoms with Gasteiger partial charge in [0.05, 0.1) is 0 Å². The van der Waals surface area contributed by atoms with Gasteiger partial charge in [-0.3, -0.25) is 4.90 Å². The molecule has 0 spiro atoms. The summed E-state index contributed by atoms with van der Waals surface area (Å²) in [7, 11) is 0. The van der Waals surface area contributed by atoms with E-state index in [1.54, 1.807) is 0 Å². The van der Waals surface area contributed by atoms with Crippen molar-refractivity contribution in [2.45, 2.75) is 39.3 Å². The highest BCUT2D eigenvalue weighted by atomic mass is 15.2. The topological polar surface area (TPSA) is 15.3 Å². The van der Waals surface area contributed by atoms with E-state index in [-0.39, 0.29) is 0 Å². The molecule has 3 atom stereocenters. The van der Waals surface area contributed by atoms with Gasteiger partial charge < -0.3 is 5.32 Å². The van der Waals surface area contributed by atoms with Gasteiger partial charge in [-0.1, -0.05) is 0 Å². The maximum Gasteiger partial charge on any atom is 0.0102 e. The van der Waals surface area contributed by atoms with E-state index in [2.05, 4.69) is 31.0 Å². The number of hydrogen-bond acceptors (Lipinski definition) is 2. The predicted octanol–water partition coefficient (Wildman–Crippen LogP) is 1.32. The van der Waals surface area contributed by atoms with Crippen molar-refractivity contribution >= 4 is 0 Å². The number of fused-ring (bicyclic) bond motifs is 1. The fourth-order valence-electron chi connectivity index (χ4n) is 3.14. The fourth-order valence-corrected chi connectivity index (χ4v) is 3.14. The van der Waals surface area contributed by atoms with E-state index in [1.165, 1.54) is 26.1 Å². The Bertz CT molecular complexity index is 177. The minimum atomic E-state index is 0.723. The average Bonchev–Trinajstić information content (AvgIpc) is 2.45. The van der Waals surface area contributed by atoms with Crippen LogP contribution in [0.15, 0.2) is 0 Å². The molecule has 2 saturated heterocycles. The van der Waals surface area contributed by atoms with Crippen molar-refractivity contribution in [2.75, 3.05) is 19.6 Å². The zero-order chi connectivity index (χ0) is 9.42. The van der Waals surface area contributed by atoms with Crippen LogP contribution in [-0.4, -0.2) is 36.6 Å². The lowest BCUT2D eigenvalue weighted by molar-refractivity contribution is 0.191. The third-order valence-corrected chi connectivity index (χ3v) is 3.92. The molecule has 0 radical (unpaired) electrons. The molecular weight excluding hydrogens is 160 g/mol. The Morgan fingerprint density at radius 3 is 2.77 bits per heavy atom. The van der Waals surface area contributed by atoms with Crippen LogP contribution in [-0.2, 0) is 0 Å². The molecule has 0 bridgehead atoms. The average molecular weight is 182 g/mol. The van der Waals surface area contributed by atoms with Crippen molar-refractivity contribution < 1.29 is 0 Å². The normalized spacial score (nSPS) is 41.1. The number of rotatable bonds is 1. The van der Waals surface area contributed by atoms with Crippen LogP contribution in [0.4, 0.5) is 0 Å². The van der Waals surface area contributed by atoms with Crippen LogP contribution < -0.4 is 5.32 Å². The van der Waals surface area contributed by atoms with Crippen LogP contribution in [0.2, 0.25) is 0 Å². The van der Waals surface area contributed by atoms with Crippen LogP contribution >= 0.6 is 0 Å². The van der Waals surface area contributed by atoms with Gasteiger partial charge in [0.2, 0.25) is 0 Å². The molecule has 2 heterocycles. The summed E-state index contributed by atoms with van der Waals surface area (Å²) < 4.78 is 0. The smallest absolute Gasteiger partial charge is 0.0102 e. The summed E-state index contributed by atoms with van der Waals surface area (Å²) in [5.74, 6) is 1.88. The van der Waals surface area contributed by atoms with Crippen molar-refractivity contribution in [1.29, 1.82) is 0 Å². The molecule has 0 saturated carbocycles. The second-order valence-corrected chi connectivity index (χ2v) is 4.95. The van der Waals surface area contributed by atoms with Gasteiger partial charge in [0, 0.05) is 18.6 Å². The summed E-state index contributed by atoms with van der Waals surface area (Å²) in [6.45, 7) is 10.9. The van der Waals surface area contributed by atoms with Crippen molar-refractivity contribution in [3.63, 3.8) is 0 Å². The van der Waals surface area contributed by atoms with Crippen LogP contribution in [0.1, 0.15) is 27.2 Å². The minimum absolute atomic E-state index is 0.723. The van der Waals surface area contributed by atoms with Gasteiger partial charge in [-0.15, -0.1) is 0 Å². The van der Waals surface area contributed by atoms with E-state index in [0.29, 0.717) is 0 Å². The van der Waals surface area contributed by atoms with Gasteiger partial charge in [-0.05, 0) is 52.1 Å². The Morgan fingerprint density at radius 1 is 1.38 bits per heavy atom. The zero-order valence-electron chi connectivity index (χ0n) is 9.09. The molecule has 0 aromatic heterocycles. The maximum atomic E-state index is 3.51. The van der Waals surface area contributed by atoms with Crippen molar-refractivity contribution in [3.05, 3.63) is 0 Å². The van der Waals surface area contributed by atoms with E-state index in [4.69, 9.17) is 0 Å². The summed E-state index contributed by atoms with van der Waals surface area (Å²) >= 11 is 0. The van der Waals surface area contributed by atoms with Crippen LogP contribution in [0.3, 0.4) is 0 Å². The van der Waals surface area contributed by atoms with Gasteiger partial charge in [0.15, 0.2) is 0 Å². The van der Waals surface area contributed by atoms with Gasteiger partial charge in [-0.25, -0.2) is 0 Å². The highest BCUT2D eigenvalue weighted by Crippen LogP contribution is 2.34. The van der Waals surface area contributed by atoms with Gasteiger partial charge in [0.25, 0.3) is 0 Å². The molecule has 13 heavy (non-hydrogen) atoms. The molecule has 2 rings (SSSR count). The Hall–Kier alpha value is -0.0800. The molecule has 0 aliphatic carbocycles.